The minimum atomic E-state index is -0.144. The van der Waals surface area contributed by atoms with Crippen molar-refractivity contribution in [3.05, 3.63) is 35.5 Å². The molecule has 1 aromatic carbocycles. The zero-order valence-corrected chi connectivity index (χ0v) is 18.8. The van der Waals surface area contributed by atoms with Gasteiger partial charge in [-0.15, -0.1) is 0 Å². The first-order chi connectivity index (χ1) is 15.1. The monoisotopic (exact) mass is 426 g/mol. The largest absolute Gasteiger partial charge is 0.493 e. The standard InChI is InChI=1S/C25H34N2O4/c1-18(2)17-31-21-11-9-19(10-12-21)22-23(26-13-15-30-16-14-26)25(29)27(24(22)28)20-7-5-3-4-6-8-20/h9-12,18,20H,3-8,13-17H2,1-2H3. The lowest BCUT2D eigenvalue weighted by molar-refractivity contribution is -0.140. The van der Waals surface area contributed by atoms with Gasteiger partial charge in [0.1, 0.15) is 11.4 Å². The minimum absolute atomic E-state index is 0.00434. The Morgan fingerprint density at radius 2 is 1.61 bits per heavy atom. The summed E-state index contributed by atoms with van der Waals surface area (Å²) in [6.07, 6.45) is 6.33. The van der Waals surface area contributed by atoms with Gasteiger partial charge in [0.25, 0.3) is 11.8 Å². The number of morpholine rings is 1. The Bertz CT molecular complexity index is 816. The number of hydrogen-bond donors (Lipinski definition) is 0. The summed E-state index contributed by atoms with van der Waals surface area (Å²) < 4.78 is 11.3. The van der Waals surface area contributed by atoms with Crippen molar-refractivity contribution in [3.8, 4) is 5.75 Å². The number of imide groups is 1. The Morgan fingerprint density at radius 3 is 2.23 bits per heavy atom. The van der Waals surface area contributed by atoms with Crippen LogP contribution in [0.3, 0.4) is 0 Å². The van der Waals surface area contributed by atoms with Gasteiger partial charge in [0.15, 0.2) is 0 Å². The highest BCUT2D eigenvalue weighted by atomic mass is 16.5. The van der Waals surface area contributed by atoms with E-state index in [2.05, 4.69) is 13.8 Å². The maximum Gasteiger partial charge on any atom is 0.278 e. The van der Waals surface area contributed by atoms with Crippen LogP contribution in [0.15, 0.2) is 30.0 Å². The first-order valence-corrected chi connectivity index (χ1v) is 11.7. The van der Waals surface area contributed by atoms with E-state index < -0.39 is 0 Å². The molecule has 4 rings (SSSR count). The predicted molar refractivity (Wildman–Crippen MR) is 119 cm³/mol. The number of carbonyl (C=O) groups is 2. The van der Waals surface area contributed by atoms with Crippen LogP contribution in [-0.4, -0.2) is 60.6 Å². The molecule has 2 amide bonds. The van der Waals surface area contributed by atoms with Gasteiger partial charge in [0, 0.05) is 19.1 Å². The summed E-state index contributed by atoms with van der Waals surface area (Å²) in [5, 5.41) is 0. The SMILES string of the molecule is CC(C)COc1ccc(C2=C(N3CCOCC3)C(=O)N(C3CCCCCC3)C2=O)cc1. The van der Waals surface area contributed by atoms with E-state index in [9.17, 15) is 9.59 Å². The van der Waals surface area contributed by atoms with Crippen LogP contribution in [0, 0.1) is 5.92 Å². The molecule has 31 heavy (non-hydrogen) atoms. The zero-order valence-electron chi connectivity index (χ0n) is 18.8. The van der Waals surface area contributed by atoms with E-state index in [-0.39, 0.29) is 17.9 Å². The molecule has 2 heterocycles. The molecular weight excluding hydrogens is 392 g/mol. The van der Waals surface area contributed by atoms with Gasteiger partial charge in [0.2, 0.25) is 0 Å². The fraction of sp³-hybridized carbons (Fsp3) is 0.600. The van der Waals surface area contributed by atoms with Crippen LogP contribution in [0.1, 0.15) is 57.9 Å². The number of benzene rings is 1. The Labute approximate surface area is 185 Å². The van der Waals surface area contributed by atoms with E-state index in [1.807, 2.05) is 29.2 Å². The topological polar surface area (TPSA) is 59.1 Å². The quantitative estimate of drug-likeness (QED) is 0.511. The van der Waals surface area contributed by atoms with E-state index >= 15 is 0 Å². The molecule has 1 saturated heterocycles. The lowest BCUT2D eigenvalue weighted by atomic mass is 10.0. The number of nitrogens with zero attached hydrogens (tertiary/aromatic N) is 2. The van der Waals surface area contributed by atoms with E-state index in [4.69, 9.17) is 9.47 Å². The van der Waals surface area contributed by atoms with Crippen molar-refractivity contribution in [1.82, 2.24) is 9.80 Å². The first-order valence-electron chi connectivity index (χ1n) is 11.7. The summed E-state index contributed by atoms with van der Waals surface area (Å²) in [6, 6.07) is 7.62. The molecule has 0 aromatic heterocycles. The van der Waals surface area contributed by atoms with Crippen molar-refractivity contribution in [2.75, 3.05) is 32.9 Å². The molecule has 1 saturated carbocycles. The fourth-order valence-corrected chi connectivity index (χ4v) is 4.70. The van der Waals surface area contributed by atoms with E-state index in [0.29, 0.717) is 50.1 Å². The smallest absolute Gasteiger partial charge is 0.278 e. The molecule has 6 nitrogen and oxygen atoms in total. The van der Waals surface area contributed by atoms with Gasteiger partial charge >= 0.3 is 0 Å². The third kappa shape index (κ3) is 4.79. The summed E-state index contributed by atoms with van der Waals surface area (Å²) in [5.41, 5.74) is 1.87. The zero-order chi connectivity index (χ0) is 21.8. The summed E-state index contributed by atoms with van der Waals surface area (Å²) >= 11 is 0. The normalized spacial score (nSPS) is 21.3. The number of amides is 2. The second-order valence-electron chi connectivity index (χ2n) is 9.18. The van der Waals surface area contributed by atoms with Crippen molar-refractivity contribution in [2.24, 2.45) is 5.92 Å². The van der Waals surface area contributed by atoms with E-state index in [0.717, 1.165) is 37.0 Å². The summed E-state index contributed by atoms with van der Waals surface area (Å²) in [4.78, 5) is 30.8. The minimum Gasteiger partial charge on any atom is -0.493 e. The average molecular weight is 427 g/mol. The molecule has 0 spiro atoms. The van der Waals surface area contributed by atoms with Crippen LogP contribution in [-0.2, 0) is 14.3 Å². The molecule has 0 N–H and O–H groups in total. The summed E-state index contributed by atoms with van der Waals surface area (Å²) in [7, 11) is 0. The van der Waals surface area contributed by atoms with Crippen molar-refractivity contribution < 1.29 is 19.1 Å². The van der Waals surface area contributed by atoms with Crippen molar-refractivity contribution in [2.45, 2.75) is 58.4 Å². The Hall–Kier alpha value is -2.34. The molecule has 2 aliphatic heterocycles. The van der Waals surface area contributed by atoms with Gasteiger partial charge in [-0.25, -0.2) is 0 Å². The van der Waals surface area contributed by atoms with Crippen LogP contribution in [0.2, 0.25) is 0 Å². The van der Waals surface area contributed by atoms with Crippen molar-refractivity contribution >= 4 is 17.4 Å². The van der Waals surface area contributed by atoms with Gasteiger partial charge in [-0.1, -0.05) is 51.7 Å². The highest BCUT2D eigenvalue weighted by Crippen LogP contribution is 2.36. The van der Waals surface area contributed by atoms with Crippen LogP contribution in [0.4, 0.5) is 0 Å². The summed E-state index contributed by atoms with van der Waals surface area (Å²) in [5.74, 6) is 0.948. The molecule has 168 valence electrons. The Morgan fingerprint density at radius 1 is 0.968 bits per heavy atom. The lowest BCUT2D eigenvalue weighted by Crippen LogP contribution is -2.44. The van der Waals surface area contributed by atoms with Crippen LogP contribution < -0.4 is 4.74 Å². The molecule has 2 fully saturated rings. The van der Waals surface area contributed by atoms with Crippen molar-refractivity contribution in [1.29, 1.82) is 0 Å². The first kappa shape index (κ1) is 21.9. The van der Waals surface area contributed by atoms with Crippen LogP contribution in [0.5, 0.6) is 5.75 Å². The molecule has 0 bridgehead atoms. The molecule has 6 heteroatoms. The molecule has 0 atom stereocenters. The molecule has 3 aliphatic rings. The van der Waals surface area contributed by atoms with Gasteiger partial charge in [-0.3, -0.25) is 14.5 Å². The van der Waals surface area contributed by atoms with E-state index in [1.165, 1.54) is 12.8 Å². The van der Waals surface area contributed by atoms with Crippen LogP contribution in [0.25, 0.3) is 5.57 Å². The fourth-order valence-electron chi connectivity index (χ4n) is 4.70. The van der Waals surface area contributed by atoms with Gasteiger partial charge in [-0.05, 0) is 36.5 Å². The third-order valence-corrected chi connectivity index (χ3v) is 6.33. The van der Waals surface area contributed by atoms with Gasteiger partial charge in [0.05, 0.1) is 25.4 Å². The second-order valence-corrected chi connectivity index (χ2v) is 9.18. The molecule has 0 radical (unpaired) electrons. The average Bonchev–Trinajstić information content (AvgIpc) is 2.94. The van der Waals surface area contributed by atoms with E-state index in [1.54, 1.807) is 4.90 Å². The van der Waals surface area contributed by atoms with Crippen molar-refractivity contribution in [3.63, 3.8) is 0 Å². The Kier molecular flexibility index (Phi) is 6.96. The number of rotatable bonds is 6. The maximum absolute atomic E-state index is 13.6. The molecule has 1 aromatic rings. The highest BCUT2D eigenvalue weighted by Gasteiger charge is 2.44. The molecule has 1 aliphatic carbocycles. The predicted octanol–water partition coefficient (Wildman–Crippen LogP) is 3.86. The van der Waals surface area contributed by atoms with Crippen LogP contribution >= 0.6 is 0 Å². The third-order valence-electron chi connectivity index (χ3n) is 6.33. The number of hydrogen-bond acceptors (Lipinski definition) is 5. The summed E-state index contributed by atoms with van der Waals surface area (Å²) in [6.45, 7) is 7.27. The Balaban J connectivity index is 1.65. The van der Waals surface area contributed by atoms with Gasteiger partial charge < -0.3 is 14.4 Å². The second kappa shape index (κ2) is 9.86. The highest BCUT2D eigenvalue weighted by molar-refractivity contribution is 6.35. The molecule has 0 unspecified atom stereocenters. The maximum atomic E-state index is 13.6. The molecular formula is C25H34N2O4. The van der Waals surface area contributed by atoms with Gasteiger partial charge in [-0.2, -0.15) is 0 Å². The number of carbonyl (C=O) groups excluding carboxylic acids is 2. The number of ether oxygens (including phenoxy) is 2. The lowest BCUT2D eigenvalue weighted by Gasteiger charge is -2.31.